The number of halogens is 1. The van der Waals surface area contributed by atoms with Crippen molar-refractivity contribution in [3.63, 3.8) is 0 Å². The molecule has 2 heteroatoms. The Kier molecular flexibility index (Phi) is 23.5. The molecule has 0 spiro atoms. The summed E-state index contributed by atoms with van der Waals surface area (Å²) in [5.74, 6) is 0. The number of quaternary nitrogens is 1. The van der Waals surface area contributed by atoms with E-state index in [-0.39, 0.29) is 17.0 Å². The molecule has 0 amide bonds. The fourth-order valence-electron chi connectivity index (χ4n) is 3.84. The number of allylic oxidation sites excluding steroid dienone is 2. The number of rotatable bonds is 19. The zero-order valence-corrected chi connectivity index (χ0v) is 20.3. The molecule has 0 rings (SSSR count). The summed E-state index contributed by atoms with van der Waals surface area (Å²) in [5, 5.41) is 0. The standard InChI is InChI=1S/C24H50N.BrH/c1-5-9-10-11-12-13-14-15-16-17-18-19-20-21-22-23-24-25(6-2,7-3)8-4;/h15-16H,5-14,17-24H2,1-4H3;1H/q+1;/p-1/b16-15-;. The van der Waals surface area contributed by atoms with Crippen LogP contribution in [-0.4, -0.2) is 30.7 Å². The maximum absolute atomic E-state index is 2.43. The molecule has 158 valence electrons. The highest BCUT2D eigenvalue weighted by atomic mass is 79.9. The van der Waals surface area contributed by atoms with Crippen LogP contribution >= 0.6 is 0 Å². The van der Waals surface area contributed by atoms with Crippen molar-refractivity contribution in [2.24, 2.45) is 0 Å². The van der Waals surface area contributed by atoms with Gasteiger partial charge in [-0.1, -0.05) is 70.4 Å². The lowest BCUT2D eigenvalue weighted by Crippen LogP contribution is -3.00. The summed E-state index contributed by atoms with van der Waals surface area (Å²) >= 11 is 0. The Morgan fingerprint density at radius 2 is 0.885 bits per heavy atom. The lowest BCUT2D eigenvalue weighted by molar-refractivity contribution is -0.923. The average molecular weight is 433 g/mol. The Bertz CT molecular complexity index is 276. The van der Waals surface area contributed by atoms with Gasteiger partial charge in [0.05, 0.1) is 26.2 Å². The zero-order chi connectivity index (χ0) is 18.6. The summed E-state index contributed by atoms with van der Waals surface area (Å²) in [5.41, 5.74) is 0. The third-order valence-corrected chi connectivity index (χ3v) is 6.16. The highest BCUT2D eigenvalue weighted by Crippen LogP contribution is 2.13. The third kappa shape index (κ3) is 16.4. The first-order chi connectivity index (χ1) is 12.2. The first-order valence-electron chi connectivity index (χ1n) is 11.7. The molecular formula is C24H50BrN. The van der Waals surface area contributed by atoms with Gasteiger partial charge < -0.3 is 21.5 Å². The molecule has 0 saturated heterocycles. The molecule has 26 heavy (non-hydrogen) atoms. The van der Waals surface area contributed by atoms with Gasteiger partial charge in [-0.15, -0.1) is 0 Å². The Balaban J connectivity index is 0. The Labute approximate surface area is 177 Å². The van der Waals surface area contributed by atoms with Gasteiger partial charge in [-0.2, -0.15) is 0 Å². The molecule has 0 unspecified atom stereocenters. The molecule has 0 aliphatic carbocycles. The Morgan fingerprint density at radius 3 is 1.31 bits per heavy atom. The van der Waals surface area contributed by atoms with Crippen LogP contribution in [0.1, 0.15) is 118 Å². The van der Waals surface area contributed by atoms with E-state index in [4.69, 9.17) is 0 Å². The SMILES string of the molecule is CCCCCCCC/C=C\CCCCCCCC[N+](CC)(CC)CC.[Br-]. The summed E-state index contributed by atoms with van der Waals surface area (Å²) < 4.78 is 1.32. The van der Waals surface area contributed by atoms with E-state index in [1.807, 2.05) is 0 Å². The predicted octanol–water partition coefficient (Wildman–Crippen LogP) is 4.90. The highest BCUT2D eigenvalue weighted by Gasteiger charge is 2.19. The zero-order valence-electron chi connectivity index (χ0n) is 18.7. The molecular weight excluding hydrogens is 382 g/mol. The van der Waals surface area contributed by atoms with Gasteiger partial charge >= 0.3 is 0 Å². The molecule has 0 N–H and O–H groups in total. The molecule has 0 aromatic carbocycles. The van der Waals surface area contributed by atoms with Crippen LogP contribution in [0, 0.1) is 0 Å². The quantitative estimate of drug-likeness (QED) is 0.155. The minimum atomic E-state index is 0. The second kappa shape index (κ2) is 21.5. The lowest BCUT2D eigenvalue weighted by atomic mass is 10.1. The van der Waals surface area contributed by atoms with Crippen LogP contribution in [0.5, 0.6) is 0 Å². The van der Waals surface area contributed by atoms with Crippen molar-refractivity contribution in [3.05, 3.63) is 12.2 Å². The molecule has 0 aliphatic rings. The van der Waals surface area contributed by atoms with Crippen LogP contribution in [0.4, 0.5) is 0 Å². The van der Waals surface area contributed by atoms with Crippen molar-refractivity contribution in [2.45, 2.75) is 118 Å². The van der Waals surface area contributed by atoms with Crippen molar-refractivity contribution < 1.29 is 21.5 Å². The van der Waals surface area contributed by atoms with Crippen LogP contribution in [0.2, 0.25) is 0 Å². The lowest BCUT2D eigenvalue weighted by Gasteiger charge is -2.35. The number of unbranched alkanes of at least 4 members (excludes halogenated alkanes) is 12. The van der Waals surface area contributed by atoms with E-state index in [2.05, 4.69) is 39.8 Å². The van der Waals surface area contributed by atoms with E-state index in [9.17, 15) is 0 Å². The first kappa shape index (κ1) is 28.4. The number of hydrogen-bond donors (Lipinski definition) is 0. The summed E-state index contributed by atoms with van der Waals surface area (Å²) in [6.07, 6.45) is 24.5. The van der Waals surface area contributed by atoms with Crippen LogP contribution in [0.15, 0.2) is 12.2 Å². The minimum Gasteiger partial charge on any atom is -1.00 e. The second-order valence-corrected chi connectivity index (χ2v) is 7.95. The van der Waals surface area contributed by atoms with Crippen molar-refractivity contribution in [1.29, 1.82) is 0 Å². The van der Waals surface area contributed by atoms with E-state index >= 15 is 0 Å². The third-order valence-electron chi connectivity index (χ3n) is 6.16. The molecule has 0 fully saturated rings. The van der Waals surface area contributed by atoms with Crippen molar-refractivity contribution in [1.82, 2.24) is 0 Å². The molecule has 0 aromatic heterocycles. The van der Waals surface area contributed by atoms with E-state index in [0.29, 0.717) is 0 Å². The van der Waals surface area contributed by atoms with Crippen molar-refractivity contribution in [3.8, 4) is 0 Å². The second-order valence-electron chi connectivity index (χ2n) is 7.95. The van der Waals surface area contributed by atoms with Crippen LogP contribution in [0.3, 0.4) is 0 Å². The van der Waals surface area contributed by atoms with Gasteiger partial charge in [0.2, 0.25) is 0 Å². The highest BCUT2D eigenvalue weighted by molar-refractivity contribution is 4.81. The van der Waals surface area contributed by atoms with Gasteiger partial charge in [-0.05, 0) is 59.3 Å². The molecule has 0 aliphatic heterocycles. The summed E-state index contributed by atoms with van der Waals surface area (Å²) in [7, 11) is 0. The van der Waals surface area contributed by atoms with E-state index in [1.54, 1.807) is 0 Å². The van der Waals surface area contributed by atoms with Crippen molar-refractivity contribution in [2.75, 3.05) is 26.2 Å². The average Bonchev–Trinajstić information content (AvgIpc) is 2.65. The van der Waals surface area contributed by atoms with E-state index < -0.39 is 0 Å². The summed E-state index contributed by atoms with van der Waals surface area (Å²) in [4.78, 5) is 0. The molecule has 1 nitrogen and oxygen atoms in total. The molecule has 0 radical (unpaired) electrons. The summed E-state index contributed by atoms with van der Waals surface area (Å²) in [6.45, 7) is 14.7. The van der Waals surface area contributed by atoms with Gasteiger partial charge in [0.1, 0.15) is 0 Å². The van der Waals surface area contributed by atoms with E-state index in [1.165, 1.54) is 121 Å². The summed E-state index contributed by atoms with van der Waals surface area (Å²) in [6, 6.07) is 0. The van der Waals surface area contributed by atoms with Gasteiger partial charge in [0, 0.05) is 0 Å². The Hall–Kier alpha value is 0.180. The Morgan fingerprint density at radius 1 is 0.500 bits per heavy atom. The minimum absolute atomic E-state index is 0. The maximum Gasteiger partial charge on any atom is 0.0786 e. The molecule has 0 heterocycles. The predicted molar refractivity (Wildman–Crippen MR) is 116 cm³/mol. The van der Waals surface area contributed by atoms with Crippen LogP contribution in [0.25, 0.3) is 0 Å². The fourth-order valence-corrected chi connectivity index (χ4v) is 3.84. The fraction of sp³-hybridized carbons (Fsp3) is 0.917. The monoisotopic (exact) mass is 431 g/mol. The van der Waals surface area contributed by atoms with Gasteiger partial charge in [-0.3, -0.25) is 0 Å². The largest absolute Gasteiger partial charge is 1.00 e. The molecule has 0 bridgehead atoms. The molecule has 0 aromatic rings. The smallest absolute Gasteiger partial charge is 0.0786 e. The number of hydrogen-bond acceptors (Lipinski definition) is 0. The van der Waals surface area contributed by atoms with Crippen molar-refractivity contribution >= 4 is 0 Å². The van der Waals surface area contributed by atoms with Crippen LogP contribution in [-0.2, 0) is 0 Å². The maximum atomic E-state index is 2.43. The number of nitrogens with zero attached hydrogens (tertiary/aromatic N) is 1. The topological polar surface area (TPSA) is 0 Å². The van der Waals surface area contributed by atoms with Gasteiger partial charge in [0.25, 0.3) is 0 Å². The van der Waals surface area contributed by atoms with E-state index in [0.717, 1.165) is 0 Å². The molecule has 0 saturated carbocycles. The first-order valence-corrected chi connectivity index (χ1v) is 11.7. The van der Waals surface area contributed by atoms with Crippen LogP contribution < -0.4 is 17.0 Å². The van der Waals surface area contributed by atoms with Gasteiger partial charge in [-0.25, -0.2) is 0 Å². The molecule has 0 atom stereocenters. The van der Waals surface area contributed by atoms with Gasteiger partial charge in [0.15, 0.2) is 0 Å². The normalized spacial score (nSPS) is 11.8.